The molecule has 1 saturated carbocycles. The molecule has 2 N–H and O–H groups in total. The van der Waals surface area contributed by atoms with Crippen LogP contribution in [0.1, 0.15) is 56.3 Å². The average Bonchev–Trinajstić information content (AvgIpc) is 2.46. The minimum atomic E-state index is 0.237. The molecule has 1 aromatic rings. The lowest BCUT2D eigenvalue weighted by Gasteiger charge is -2.29. The first-order valence-electron chi connectivity index (χ1n) is 7.12. The zero-order valence-electron chi connectivity index (χ0n) is 11.2. The number of hydrogen-bond donors (Lipinski definition) is 1. The van der Waals surface area contributed by atoms with Gasteiger partial charge in [0.1, 0.15) is 0 Å². The molecule has 1 fully saturated rings. The maximum atomic E-state index is 6.32. The van der Waals surface area contributed by atoms with Gasteiger partial charge in [-0.3, -0.25) is 4.98 Å². The highest BCUT2D eigenvalue weighted by molar-refractivity contribution is 8.00. The van der Waals surface area contributed by atoms with Gasteiger partial charge in [-0.2, -0.15) is 0 Å². The number of nitrogens with two attached hydrogens (primary N) is 1. The number of nitrogens with zero attached hydrogens (tertiary/aromatic N) is 1. The minimum Gasteiger partial charge on any atom is -0.326 e. The highest BCUT2D eigenvalue weighted by Gasteiger charge is 2.24. The molecule has 0 radical (unpaired) electrons. The van der Waals surface area contributed by atoms with Crippen molar-refractivity contribution in [2.24, 2.45) is 5.73 Å². The highest BCUT2D eigenvalue weighted by Crippen LogP contribution is 2.40. The number of rotatable bonds is 5. The van der Waals surface area contributed by atoms with E-state index in [1.165, 1.54) is 37.7 Å². The van der Waals surface area contributed by atoms with Crippen molar-refractivity contribution < 1.29 is 0 Å². The summed E-state index contributed by atoms with van der Waals surface area (Å²) in [6, 6.07) is 4.43. The Balaban J connectivity index is 2.05. The Kier molecular flexibility index (Phi) is 5.51. The summed E-state index contributed by atoms with van der Waals surface area (Å²) in [4.78, 5) is 4.25. The molecule has 2 atom stereocenters. The maximum absolute atomic E-state index is 6.32. The van der Waals surface area contributed by atoms with Gasteiger partial charge >= 0.3 is 0 Å². The molecule has 18 heavy (non-hydrogen) atoms. The van der Waals surface area contributed by atoms with Crippen molar-refractivity contribution in [2.75, 3.05) is 0 Å². The van der Waals surface area contributed by atoms with E-state index < -0.39 is 0 Å². The monoisotopic (exact) mass is 264 g/mol. The topological polar surface area (TPSA) is 38.9 Å². The van der Waals surface area contributed by atoms with Crippen LogP contribution in [0.3, 0.4) is 0 Å². The lowest BCUT2D eigenvalue weighted by atomic mass is 10.0. The first kappa shape index (κ1) is 13.9. The van der Waals surface area contributed by atoms with Crippen molar-refractivity contribution >= 4 is 11.8 Å². The Bertz CT molecular complexity index is 336. The van der Waals surface area contributed by atoms with Crippen molar-refractivity contribution in [3.8, 4) is 0 Å². The Labute approximate surface area is 115 Å². The zero-order chi connectivity index (χ0) is 12.8. The van der Waals surface area contributed by atoms with Crippen LogP contribution in [0.25, 0.3) is 0 Å². The fraction of sp³-hybridized carbons (Fsp3) is 0.667. The lowest BCUT2D eigenvalue weighted by molar-refractivity contribution is 0.512. The van der Waals surface area contributed by atoms with Gasteiger partial charge in [0.2, 0.25) is 0 Å². The molecule has 0 aromatic carbocycles. The quantitative estimate of drug-likeness (QED) is 0.876. The number of aromatic nitrogens is 1. The average molecular weight is 264 g/mol. The largest absolute Gasteiger partial charge is 0.326 e. The summed E-state index contributed by atoms with van der Waals surface area (Å²) < 4.78 is 0. The van der Waals surface area contributed by atoms with E-state index in [9.17, 15) is 0 Å². The van der Waals surface area contributed by atoms with E-state index in [0.717, 1.165) is 11.7 Å². The second-order valence-electron chi connectivity index (χ2n) is 5.18. The number of hydrogen-bond acceptors (Lipinski definition) is 3. The number of thioether (sulfide) groups is 1. The molecule has 1 aliphatic carbocycles. The van der Waals surface area contributed by atoms with Crippen LogP contribution in [0.15, 0.2) is 24.5 Å². The zero-order valence-corrected chi connectivity index (χ0v) is 12.0. The third-order valence-electron chi connectivity index (χ3n) is 3.76. The van der Waals surface area contributed by atoms with E-state index in [2.05, 4.69) is 29.7 Å². The predicted octanol–water partition coefficient (Wildman–Crippen LogP) is 3.93. The van der Waals surface area contributed by atoms with Gasteiger partial charge in [-0.15, -0.1) is 11.8 Å². The van der Waals surface area contributed by atoms with Crippen LogP contribution in [-0.2, 0) is 0 Å². The molecule has 2 rings (SSSR count). The lowest BCUT2D eigenvalue weighted by Crippen LogP contribution is -2.27. The Morgan fingerprint density at radius 2 is 2.17 bits per heavy atom. The molecule has 2 nitrogen and oxygen atoms in total. The molecule has 100 valence electrons. The summed E-state index contributed by atoms with van der Waals surface area (Å²) in [6.45, 7) is 2.18. The first-order chi connectivity index (χ1) is 8.81. The minimum absolute atomic E-state index is 0.237. The Morgan fingerprint density at radius 3 is 2.78 bits per heavy atom. The smallest absolute Gasteiger partial charge is 0.0466 e. The molecular formula is C15H24N2S. The van der Waals surface area contributed by atoms with E-state index in [0.29, 0.717) is 5.25 Å². The van der Waals surface area contributed by atoms with Gasteiger partial charge in [-0.25, -0.2) is 0 Å². The molecule has 0 amide bonds. The second-order valence-corrected chi connectivity index (χ2v) is 6.62. The molecule has 2 unspecified atom stereocenters. The molecule has 0 bridgehead atoms. The van der Waals surface area contributed by atoms with Crippen molar-refractivity contribution in [3.63, 3.8) is 0 Å². The molecular weight excluding hydrogens is 240 g/mol. The van der Waals surface area contributed by atoms with Crippen LogP contribution in [0, 0.1) is 0 Å². The standard InChI is InChI=1S/C15H24N2S/c1-2-14(16)15(12-7-6-10-17-11-12)18-13-8-4-3-5-9-13/h6-7,10-11,13-15H,2-5,8-9,16H2,1H3. The summed E-state index contributed by atoms with van der Waals surface area (Å²) in [5.41, 5.74) is 7.61. The molecule has 1 aliphatic rings. The molecule has 0 saturated heterocycles. The Hall–Kier alpha value is -0.540. The highest BCUT2D eigenvalue weighted by atomic mass is 32.2. The number of pyridine rings is 1. The molecule has 0 aliphatic heterocycles. The Morgan fingerprint density at radius 1 is 1.39 bits per heavy atom. The van der Waals surface area contributed by atoms with Crippen LogP contribution < -0.4 is 5.73 Å². The SMILES string of the molecule is CCC(N)C(SC1CCCCC1)c1cccnc1. The van der Waals surface area contributed by atoms with Crippen molar-refractivity contribution in [3.05, 3.63) is 30.1 Å². The van der Waals surface area contributed by atoms with Crippen molar-refractivity contribution in [1.29, 1.82) is 0 Å². The maximum Gasteiger partial charge on any atom is 0.0466 e. The predicted molar refractivity (Wildman–Crippen MR) is 79.7 cm³/mol. The van der Waals surface area contributed by atoms with Crippen molar-refractivity contribution in [2.45, 2.75) is 62.0 Å². The summed E-state index contributed by atoms with van der Waals surface area (Å²) in [6.07, 6.45) is 11.8. The normalized spacial score (nSPS) is 20.6. The van der Waals surface area contributed by atoms with Gasteiger partial charge < -0.3 is 5.73 Å². The summed E-state index contributed by atoms with van der Waals surface area (Å²) in [7, 11) is 0. The van der Waals surface area contributed by atoms with E-state index in [-0.39, 0.29) is 6.04 Å². The van der Waals surface area contributed by atoms with E-state index in [4.69, 9.17) is 5.73 Å². The third kappa shape index (κ3) is 3.72. The molecule has 0 spiro atoms. The van der Waals surface area contributed by atoms with E-state index >= 15 is 0 Å². The van der Waals surface area contributed by atoms with Crippen molar-refractivity contribution in [1.82, 2.24) is 4.98 Å². The van der Waals surface area contributed by atoms with E-state index in [1.807, 2.05) is 18.5 Å². The first-order valence-corrected chi connectivity index (χ1v) is 8.06. The second kappa shape index (κ2) is 7.15. The molecule has 1 heterocycles. The summed E-state index contributed by atoms with van der Waals surface area (Å²) in [5, 5.41) is 1.20. The summed E-state index contributed by atoms with van der Waals surface area (Å²) in [5.74, 6) is 0. The van der Waals surface area contributed by atoms with Crippen LogP contribution in [0.5, 0.6) is 0 Å². The fourth-order valence-electron chi connectivity index (χ4n) is 2.59. The van der Waals surface area contributed by atoms with Crippen LogP contribution in [0.2, 0.25) is 0 Å². The van der Waals surface area contributed by atoms with Crippen LogP contribution in [0.4, 0.5) is 0 Å². The molecule has 1 aromatic heterocycles. The van der Waals surface area contributed by atoms with Crippen LogP contribution >= 0.6 is 11.8 Å². The van der Waals surface area contributed by atoms with E-state index in [1.54, 1.807) is 0 Å². The van der Waals surface area contributed by atoms with Gasteiger partial charge in [0, 0.05) is 28.9 Å². The van der Waals surface area contributed by atoms with Gasteiger partial charge in [0.15, 0.2) is 0 Å². The summed E-state index contributed by atoms with van der Waals surface area (Å²) >= 11 is 2.09. The van der Waals surface area contributed by atoms with Gasteiger partial charge in [0.05, 0.1) is 0 Å². The molecule has 3 heteroatoms. The van der Waals surface area contributed by atoms with Gasteiger partial charge in [0.25, 0.3) is 0 Å². The van der Waals surface area contributed by atoms with Crippen LogP contribution in [-0.4, -0.2) is 16.3 Å². The fourth-order valence-corrected chi connectivity index (χ4v) is 4.30. The third-order valence-corrected chi connectivity index (χ3v) is 5.54. The van der Waals surface area contributed by atoms with Gasteiger partial charge in [-0.1, -0.05) is 32.3 Å². The van der Waals surface area contributed by atoms with Gasteiger partial charge in [-0.05, 0) is 30.9 Å².